The summed E-state index contributed by atoms with van der Waals surface area (Å²) in [5.74, 6) is 1.90. The van der Waals surface area contributed by atoms with Gasteiger partial charge < -0.3 is 4.90 Å². The lowest BCUT2D eigenvalue weighted by Gasteiger charge is -2.27. The quantitative estimate of drug-likeness (QED) is 0.795. The molecule has 0 radical (unpaired) electrons. The fraction of sp³-hybridized carbons (Fsp3) is 0.588. The normalized spacial score (nSPS) is 32.8. The number of rotatable bonds is 2. The Morgan fingerprint density at radius 2 is 1.68 bits per heavy atom. The van der Waals surface area contributed by atoms with E-state index in [2.05, 4.69) is 30.9 Å². The molecule has 1 aromatic carbocycles. The first-order valence-electron chi connectivity index (χ1n) is 7.41. The number of hydrogen-bond donors (Lipinski definition) is 0. The van der Waals surface area contributed by atoms with E-state index < -0.39 is 0 Å². The van der Waals surface area contributed by atoms with E-state index in [1.807, 2.05) is 18.2 Å². The Hall–Kier alpha value is -1.31. The predicted octanol–water partition coefficient (Wildman–Crippen LogP) is 2.83. The second kappa shape index (κ2) is 3.41. The largest absolute Gasteiger partial charge is 0.341 e. The zero-order valence-electron chi connectivity index (χ0n) is 11.7. The van der Waals surface area contributed by atoms with Crippen LogP contribution < -0.4 is 0 Å². The molecule has 2 heteroatoms. The summed E-state index contributed by atoms with van der Waals surface area (Å²) in [5.41, 5.74) is 1.54. The van der Waals surface area contributed by atoms with Gasteiger partial charge in [-0.25, -0.2) is 0 Å². The van der Waals surface area contributed by atoms with Crippen molar-refractivity contribution in [1.82, 2.24) is 4.90 Å². The molecular weight excluding hydrogens is 234 g/mol. The van der Waals surface area contributed by atoms with Crippen LogP contribution in [0.1, 0.15) is 32.3 Å². The second-order valence-electron chi connectivity index (χ2n) is 7.19. The summed E-state index contributed by atoms with van der Waals surface area (Å²) in [5, 5.41) is 0. The molecule has 1 saturated heterocycles. The van der Waals surface area contributed by atoms with Gasteiger partial charge in [0.05, 0.1) is 5.41 Å². The Morgan fingerprint density at radius 3 is 2.21 bits per heavy atom. The van der Waals surface area contributed by atoms with Gasteiger partial charge >= 0.3 is 0 Å². The van der Waals surface area contributed by atoms with Crippen molar-refractivity contribution in [2.24, 2.45) is 17.3 Å². The van der Waals surface area contributed by atoms with Crippen LogP contribution in [0.25, 0.3) is 0 Å². The van der Waals surface area contributed by atoms with Crippen LogP contribution in [0.3, 0.4) is 0 Å². The van der Waals surface area contributed by atoms with Crippen LogP contribution in [0.5, 0.6) is 0 Å². The van der Waals surface area contributed by atoms with Crippen LogP contribution in [-0.2, 0) is 10.2 Å². The van der Waals surface area contributed by atoms with Gasteiger partial charge in [-0.05, 0) is 35.7 Å². The lowest BCUT2D eigenvalue weighted by atomic mass is 9.94. The molecule has 4 rings (SSSR count). The Bertz CT molecular complexity index is 515. The summed E-state index contributed by atoms with van der Waals surface area (Å²) in [6, 6.07) is 10.4. The molecule has 2 atom stereocenters. The van der Waals surface area contributed by atoms with Gasteiger partial charge in [0, 0.05) is 13.1 Å². The fourth-order valence-electron chi connectivity index (χ4n) is 4.11. The van der Waals surface area contributed by atoms with Gasteiger partial charge in [-0.3, -0.25) is 4.79 Å². The second-order valence-corrected chi connectivity index (χ2v) is 7.19. The number of amides is 1. The van der Waals surface area contributed by atoms with E-state index in [1.54, 1.807) is 0 Å². The summed E-state index contributed by atoms with van der Waals surface area (Å²) >= 11 is 0. The highest BCUT2D eigenvalue weighted by Crippen LogP contribution is 2.63. The van der Waals surface area contributed by atoms with E-state index in [0.29, 0.717) is 11.3 Å². The maximum atomic E-state index is 12.8. The summed E-state index contributed by atoms with van der Waals surface area (Å²) in [7, 11) is 0. The van der Waals surface area contributed by atoms with Gasteiger partial charge in [0.25, 0.3) is 0 Å². The molecule has 0 aromatic heterocycles. The topological polar surface area (TPSA) is 20.3 Å². The monoisotopic (exact) mass is 255 g/mol. The predicted molar refractivity (Wildman–Crippen MR) is 74.7 cm³/mol. The van der Waals surface area contributed by atoms with Crippen LogP contribution in [0.2, 0.25) is 0 Å². The van der Waals surface area contributed by atoms with Crippen molar-refractivity contribution < 1.29 is 4.79 Å². The van der Waals surface area contributed by atoms with Crippen LogP contribution in [-0.4, -0.2) is 23.9 Å². The summed E-state index contributed by atoms with van der Waals surface area (Å²) < 4.78 is 0. The molecule has 1 aliphatic heterocycles. The Balaban J connectivity index is 1.54. The molecule has 2 saturated carbocycles. The standard InChI is InChI=1S/C17H21NO/c1-16(2)13-10-18(11-14(13)16)15(19)17(8-9-17)12-6-4-3-5-7-12/h3-7,13-14H,8-11H2,1-2H3/t13-,14?/m1/s1. The zero-order valence-corrected chi connectivity index (χ0v) is 11.7. The Kier molecular flexibility index (Phi) is 2.07. The highest BCUT2D eigenvalue weighted by Gasteiger charge is 2.64. The molecule has 3 aliphatic rings. The van der Waals surface area contributed by atoms with E-state index in [-0.39, 0.29) is 5.41 Å². The van der Waals surface area contributed by atoms with E-state index in [4.69, 9.17) is 0 Å². The highest BCUT2D eigenvalue weighted by molar-refractivity contribution is 5.91. The van der Waals surface area contributed by atoms with Crippen molar-refractivity contribution in [3.63, 3.8) is 0 Å². The van der Waals surface area contributed by atoms with Crippen LogP contribution in [0.15, 0.2) is 30.3 Å². The summed E-state index contributed by atoms with van der Waals surface area (Å²) in [6.45, 7) is 6.67. The summed E-state index contributed by atoms with van der Waals surface area (Å²) in [6.07, 6.45) is 2.07. The van der Waals surface area contributed by atoms with Crippen LogP contribution in [0, 0.1) is 17.3 Å². The van der Waals surface area contributed by atoms with Crippen molar-refractivity contribution in [3.8, 4) is 0 Å². The van der Waals surface area contributed by atoms with E-state index in [1.165, 1.54) is 5.56 Å². The molecule has 1 amide bonds. The number of carbonyl (C=O) groups excluding carboxylic acids is 1. The molecule has 0 bridgehead atoms. The molecule has 2 aliphatic carbocycles. The molecule has 100 valence electrons. The third kappa shape index (κ3) is 1.46. The van der Waals surface area contributed by atoms with Crippen molar-refractivity contribution in [2.45, 2.75) is 32.1 Å². The maximum absolute atomic E-state index is 12.8. The van der Waals surface area contributed by atoms with E-state index in [9.17, 15) is 4.79 Å². The number of fused-ring (bicyclic) bond motifs is 1. The van der Waals surface area contributed by atoms with Gasteiger partial charge in [-0.2, -0.15) is 0 Å². The van der Waals surface area contributed by atoms with E-state index >= 15 is 0 Å². The zero-order chi connectivity index (χ0) is 13.3. The number of likely N-dealkylation sites (tertiary alicyclic amines) is 1. The molecule has 0 N–H and O–H groups in total. The van der Waals surface area contributed by atoms with Gasteiger partial charge in [0.2, 0.25) is 5.91 Å². The van der Waals surface area contributed by atoms with Crippen LogP contribution >= 0.6 is 0 Å². The lowest BCUT2D eigenvalue weighted by Crippen LogP contribution is -2.40. The van der Waals surface area contributed by atoms with Crippen molar-refractivity contribution in [3.05, 3.63) is 35.9 Å². The molecule has 2 nitrogen and oxygen atoms in total. The molecule has 1 aromatic rings. The first kappa shape index (κ1) is 11.5. The average Bonchev–Trinajstić information content (AvgIpc) is 3.24. The third-order valence-corrected chi connectivity index (χ3v) is 5.90. The average molecular weight is 255 g/mol. The minimum Gasteiger partial charge on any atom is -0.341 e. The molecule has 19 heavy (non-hydrogen) atoms. The Morgan fingerprint density at radius 1 is 1.11 bits per heavy atom. The first-order valence-corrected chi connectivity index (χ1v) is 7.41. The fourth-order valence-corrected chi connectivity index (χ4v) is 4.11. The first-order chi connectivity index (χ1) is 9.06. The minimum atomic E-state index is -0.165. The smallest absolute Gasteiger partial charge is 0.233 e. The number of benzene rings is 1. The minimum absolute atomic E-state index is 0.165. The molecule has 3 fully saturated rings. The van der Waals surface area contributed by atoms with Crippen molar-refractivity contribution in [2.75, 3.05) is 13.1 Å². The molecule has 1 unspecified atom stereocenters. The molecule has 1 heterocycles. The number of nitrogens with zero attached hydrogens (tertiary/aromatic N) is 1. The van der Waals surface area contributed by atoms with Gasteiger partial charge in [-0.1, -0.05) is 44.2 Å². The SMILES string of the molecule is CC1(C)C2CN(C(=O)C3(c4ccccc4)CC3)C[C@H]21. The van der Waals surface area contributed by atoms with Crippen molar-refractivity contribution >= 4 is 5.91 Å². The van der Waals surface area contributed by atoms with Crippen molar-refractivity contribution in [1.29, 1.82) is 0 Å². The van der Waals surface area contributed by atoms with Gasteiger partial charge in [0.15, 0.2) is 0 Å². The maximum Gasteiger partial charge on any atom is 0.233 e. The van der Waals surface area contributed by atoms with Crippen LogP contribution in [0.4, 0.5) is 0 Å². The third-order valence-electron chi connectivity index (χ3n) is 5.90. The van der Waals surface area contributed by atoms with Gasteiger partial charge in [0.1, 0.15) is 0 Å². The number of piperidine rings is 1. The Labute approximate surface area is 114 Å². The molecule has 0 spiro atoms. The number of carbonyl (C=O) groups is 1. The van der Waals surface area contributed by atoms with E-state index in [0.717, 1.165) is 37.8 Å². The van der Waals surface area contributed by atoms with Gasteiger partial charge in [-0.15, -0.1) is 0 Å². The highest BCUT2D eigenvalue weighted by atomic mass is 16.2. The molecular formula is C17H21NO. The number of hydrogen-bond acceptors (Lipinski definition) is 1. The lowest BCUT2D eigenvalue weighted by molar-refractivity contribution is -0.133. The summed E-state index contributed by atoms with van der Waals surface area (Å²) in [4.78, 5) is 15.0.